The van der Waals surface area contributed by atoms with E-state index in [9.17, 15) is 4.79 Å². The summed E-state index contributed by atoms with van der Waals surface area (Å²) in [6, 6.07) is -0.129. The Morgan fingerprint density at radius 3 is 2.93 bits per heavy atom. The summed E-state index contributed by atoms with van der Waals surface area (Å²) in [6.45, 7) is 3.29. The van der Waals surface area contributed by atoms with Gasteiger partial charge in [0.25, 0.3) is 0 Å². The Kier molecular flexibility index (Phi) is 4.54. The van der Waals surface area contributed by atoms with Gasteiger partial charge in [-0.3, -0.25) is 0 Å². The zero-order valence-electron chi connectivity index (χ0n) is 8.25. The van der Waals surface area contributed by atoms with E-state index in [1.165, 1.54) is 6.39 Å². The summed E-state index contributed by atoms with van der Waals surface area (Å²) in [6.07, 6.45) is 4.59. The van der Waals surface area contributed by atoms with Crippen molar-refractivity contribution in [2.45, 2.75) is 19.8 Å². The lowest BCUT2D eigenvalue weighted by Gasteiger charge is -2.04. The molecule has 0 aliphatic heterocycles. The molecule has 1 aromatic rings. The highest BCUT2D eigenvalue weighted by atomic mass is 16.3. The smallest absolute Gasteiger partial charge is 0.314 e. The summed E-state index contributed by atoms with van der Waals surface area (Å²) in [4.78, 5) is 15.0. The summed E-state index contributed by atoms with van der Waals surface area (Å²) in [7, 11) is 0. The average molecular weight is 197 g/mol. The van der Waals surface area contributed by atoms with Crippen molar-refractivity contribution in [3.63, 3.8) is 0 Å². The van der Waals surface area contributed by atoms with E-state index in [-0.39, 0.29) is 6.03 Å². The van der Waals surface area contributed by atoms with Crippen LogP contribution in [0.1, 0.15) is 19.0 Å². The predicted octanol–water partition coefficient (Wildman–Crippen LogP) is 0.926. The second-order valence-corrected chi connectivity index (χ2v) is 2.91. The molecule has 78 valence electrons. The van der Waals surface area contributed by atoms with Crippen molar-refractivity contribution < 1.29 is 9.21 Å². The summed E-state index contributed by atoms with van der Waals surface area (Å²) < 4.78 is 4.80. The quantitative estimate of drug-likeness (QED) is 0.737. The first kappa shape index (κ1) is 10.6. The summed E-state index contributed by atoms with van der Waals surface area (Å²) in [5.74, 6) is 0. The topological polar surface area (TPSA) is 67.2 Å². The van der Waals surface area contributed by atoms with Gasteiger partial charge < -0.3 is 15.1 Å². The van der Waals surface area contributed by atoms with Gasteiger partial charge in [0.15, 0.2) is 6.39 Å². The molecule has 0 aromatic carbocycles. The summed E-state index contributed by atoms with van der Waals surface area (Å²) in [5, 5.41) is 5.44. The van der Waals surface area contributed by atoms with Crippen molar-refractivity contribution in [3.05, 3.63) is 18.4 Å². The van der Waals surface area contributed by atoms with Crippen molar-refractivity contribution in [3.8, 4) is 0 Å². The molecule has 0 fully saturated rings. The van der Waals surface area contributed by atoms with E-state index in [4.69, 9.17) is 4.42 Å². The molecule has 0 radical (unpaired) electrons. The Hall–Kier alpha value is -1.52. The molecule has 0 atom stereocenters. The number of carbonyl (C=O) groups is 1. The number of aromatic nitrogens is 1. The van der Waals surface area contributed by atoms with Crippen molar-refractivity contribution in [2.24, 2.45) is 0 Å². The fourth-order valence-electron chi connectivity index (χ4n) is 0.966. The van der Waals surface area contributed by atoms with E-state index in [0.29, 0.717) is 19.5 Å². The maximum atomic E-state index is 11.1. The van der Waals surface area contributed by atoms with Crippen molar-refractivity contribution in [2.75, 3.05) is 13.1 Å². The monoisotopic (exact) mass is 197 g/mol. The Labute approximate surface area is 82.9 Å². The molecule has 0 aliphatic carbocycles. The molecular formula is C9H15N3O2. The van der Waals surface area contributed by atoms with Gasteiger partial charge in [0.1, 0.15) is 6.26 Å². The Balaban J connectivity index is 2.06. The number of amides is 2. The highest BCUT2D eigenvalue weighted by molar-refractivity contribution is 5.73. The fourth-order valence-corrected chi connectivity index (χ4v) is 0.966. The van der Waals surface area contributed by atoms with Gasteiger partial charge in [0.05, 0.1) is 5.69 Å². The van der Waals surface area contributed by atoms with Gasteiger partial charge in [-0.05, 0) is 6.42 Å². The van der Waals surface area contributed by atoms with E-state index in [2.05, 4.69) is 15.6 Å². The average Bonchev–Trinajstić information content (AvgIpc) is 2.67. The van der Waals surface area contributed by atoms with Gasteiger partial charge in [0.2, 0.25) is 0 Å². The van der Waals surface area contributed by atoms with Crippen LogP contribution in [0.2, 0.25) is 0 Å². The highest BCUT2D eigenvalue weighted by Gasteiger charge is 1.99. The summed E-state index contributed by atoms with van der Waals surface area (Å²) in [5.41, 5.74) is 0.848. The second-order valence-electron chi connectivity index (χ2n) is 2.91. The molecule has 2 amide bonds. The van der Waals surface area contributed by atoms with E-state index in [0.717, 1.165) is 12.1 Å². The SMILES string of the molecule is CCCNC(=O)NCCc1cocn1. The van der Waals surface area contributed by atoms with Crippen LogP contribution in [0.4, 0.5) is 4.79 Å². The number of rotatable bonds is 5. The van der Waals surface area contributed by atoms with Crippen molar-refractivity contribution >= 4 is 6.03 Å². The number of hydrogen-bond acceptors (Lipinski definition) is 3. The zero-order chi connectivity index (χ0) is 10.2. The second kappa shape index (κ2) is 6.01. The number of urea groups is 1. The Bertz CT molecular complexity index is 259. The number of nitrogens with zero attached hydrogens (tertiary/aromatic N) is 1. The van der Waals surface area contributed by atoms with Crippen LogP contribution in [0.5, 0.6) is 0 Å². The number of hydrogen-bond donors (Lipinski definition) is 2. The van der Waals surface area contributed by atoms with Gasteiger partial charge in [0, 0.05) is 19.5 Å². The van der Waals surface area contributed by atoms with E-state index in [1.807, 2.05) is 6.92 Å². The van der Waals surface area contributed by atoms with E-state index < -0.39 is 0 Å². The third-order valence-corrected chi connectivity index (χ3v) is 1.69. The zero-order valence-corrected chi connectivity index (χ0v) is 8.25. The molecule has 14 heavy (non-hydrogen) atoms. The minimum atomic E-state index is -0.129. The van der Waals surface area contributed by atoms with Gasteiger partial charge in [-0.15, -0.1) is 0 Å². The molecule has 2 N–H and O–H groups in total. The van der Waals surface area contributed by atoms with Crippen molar-refractivity contribution in [1.82, 2.24) is 15.6 Å². The van der Waals surface area contributed by atoms with Crippen LogP contribution in [0, 0.1) is 0 Å². The highest BCUT2D eigenvalue weighted by Crippen LogP contribution is 1.93. The third kappa shape index (κ3) is 3.93. The molecule has 1 heterocycles. The molecular weight excluding hydrogens is 182 g/mol. The van der Waals surface area contributed by atoms with Gasteiger partial charge in [-0.2, -0.15) is 0 Å². The van der Waals surface area contributed by atoms with Crippen LogP contribution in [0.25, 0.3) is 0 Å². The van der Waals surface area contributed by atoms with Gasteiger partial charge in [-0.1, -0.05) is 6.92 Å². The minimum Gasteiger partial charge on any atom is -0.451 e. The molecule has 5 heteroatoms. The molecule has 0 saturated heterocycles. The van der Waals surface area contributed by atoms with Crippen LogP contribution in [-0.2, 0) is 6.42 Å². The lowest BCUT2D eigenvalue weighted by atomic mass is 10.3. The van der Waals surface area contributed by atoms with Crippen LogP contribution in [0.3, 0.4) is 0 Å². The molecule has 0 aliphatic rings. The molecule has 0 saturated carbocycles. The first-order valence-corrected chi connectivity index (χ1v) is 4.71. The lowest BCUT2D eigenvalue weighted by Crippen LogP contribution is -2.36. The third-order valence-electron chi connectivity index (χ3n) is 1.69. The fraction of sp³-hybridized carbons (Fsp3) is 0.556. The summed E-state index contributed by atoms with van der Waals surface area (Å²) >= 11 is 0. The van der Waals surface area contributed by atoms with Crippen molar-refractivity contribution in [1.29, 1.82) is 0 Å². The number of oxazole rings is 1. The van der Waals surface area contributed by atoms with E-state index in [1.54, 1.807) is 6.26 Å². The van der Waals surface area contributed by atoms with Crippen LogP contribution in [0.15, 0.2) is 17.1 Å². The standard InChI is InChI=1S/C9H15N3O2/c1-2-4-10-9(13)11-5-3-8-6-14-7-12-8/h6-7H,2-5H2,1H3,(H2,10,11,13). The van der Waals surface area contributed by atoms with Crippen LogP contribution in [-0.4, -0.2) is 24.1 Å². The predicted molar refractivity (Wildman–Crippen MR) is 51.9 cm³/mol. The Morgan fingerprint density at radius 1 is 1.50 bits per heavy atom. The first-order valence-electron chi connectivity index (χ1n) is 4.71. The maximum Gasteiger partial charge on any atom is 0.314 e. The van der Waals surface area contributed by atoms with Gasteiger partial charge >= 0.3 is 6.03 Å². The van der Waals surface area contributed by atoms with Crippen LogP contribution < -0.4 is 10.6 Å². The largest absolute Gasteiger partial charge is 0.451 e. The first-order chi connectivity index (χ1) is 6.83. The molecule has 1 aromatic heterocycles. The molecule has 0 spiro atoms. The lowest BCUT2D eigenvalue weighted by molar-refractivity contribution is 0.241. The van der Waals surface area contributed by atoms with Gasteiger partial charge in [-0.25, -0.2) is 9.78 Å². The normalized spacial score (nSPS) is 9.79. The van der Waals surface area contributed by atoms with E-state index >= 15 is 0 Å². The molecule has 0 unspecified atom stereocenters. The molecule has 1 rings (SSSR count). The maximum absolute atomic E-state index is 11.1. The molecule has 5 nitrogen and oxygen atoms in total. The molecule has 0 bridgehead atoms. The minimum absolute atomic E-state index is 0.129. The number of carbonyl (C=O) groups excluding carboxylic acids is 1. The van der Waals surface area contributed by atoms with Crippen LogP contribution >= 0.6 is 0 Å². The number of nitrogens with one attached hydrogen (secondary N) is 2. The Morgan fingerprint density at radius 2 is 2.29 bits per heavy atom.